The smallest absolute Gasteiger partial charge is 0.324 e. The summed E-state index contributed by atoms with van der Waals surface area (Å²) >= 11 is 0. The molecule has 1 unspecified atom stereocenters. The molecule has 0 aromatic carbocycles. The van der Waals surface area contributed by atoms with Crippen molar-refractivity contribution in [2.75, 3.05) is 6.54 Å². The van der Waals surface area contributed by atoms with Crippen LogP contribution in [-0.2, 0) is 20.6 Å². The molecule has 1 aliphatic heterocycles. The maximum atomic E-state index is 12.4. The third kappa shape index (κ3) is 1.66. The highest BCUT2D eigenvalue weighted by Gasteiger charge is 2.24. The van der Waals surface area contributed by atoms with Crippen LogP contribution >= 0.6 is 0 Å². The van der Waals surface area contributed by atoms with E-state index in [1.54, 1.807) is 14.0 Å². The van der Waals surface area contributed by atoms with Crippen molar-refractivity contribution in [2.24, 2.45) is 14.1 Å². The molecule has 1 N–H and O–H groups in total. The van der Waals surface area contributed by atoms with Crippen molar-refractivity contribution >= 4 is 11.2 Å². The van der Waals surface area contributed by atoms with Crippen LogP contribution in [0.3, 0.4) is 0 Å². The number of aromatic nitrogens is 4. The summed E-state index contributed by atoms with van der Waals surface area (Å²) in [5.41, 5.74) is 0.396. The zero-order valence-electron chi connectivity index (χ0n) is 12.0. The van der Waals surface area contributed by atoms with Gasteiger partial charge in [-0.05, 0) is 26.3 Å². The second-order valence-corrected chi connectivity index (χ2v) is 5.24. The van der Waals surface area contributed by atoms with Gasteiger partial charge in [0.1, 0.15) is 5.82 Å². The second-order valence-electron chi connectivity index (χ2n) is 5.24. The summed E-state index contributed by atoms with van der Waals surface area (Å²) in [6.07, 6.45) is 2.11. The molecule has 108 valence electrons. The minimum atomic E-state index is -0.311. The minimum absolute atomic E-state index is 0.164. The van der Waals surface area contributed by atoms with Crippen molar-refractivity contribution < 1.29 is 0 Å². The van der Waals surface area contributed by atoms with E-state index in [9.17, 15) is 9.59 Å². The molecule has 20 heavy (non-hydrogen) atoms. The summed E-state index contributed by atoms with van der Waals surface area (Å²) in [4.78, 5) is 29.1. The van der Waals surface area contributed by atoms with Gasteiger partial charge in [-0.25, -0.2) is 9.78 Å². The molecule has 0 radical (unpaired) electrons. The van der Waals surface area contributed by atoms with Crippen LogP contribution < -0.4 is 16.6 Å². The normalized spacial score (nSPS) is 19.1. The Morgan fingerprint density at radius 3 is 2.65 bits per heavy atom. The average Bonchev–Trinajstić information content (AvgIpc) is 3.04. The Kier molecular flexibility index (Phi) is 3.01. The number of nitrogens with one attached hydrogen (secondary N) is 1. The Balaban J connectivity index is 2.36. The molecule has 2 aromatic heterocycles. The highest BCUT2D eigenvalue weighted by molar-refractivity contribution is 5.71. The van der Waals surface area contributed by atoms with Gasteiger partial charge in [-0.3, -0.25) is 13.9 Å². The number of hydrogen-bond donors (Lipinski definition) is 1. The molecule has 1 saturated heterocycles. The number of aryl methyl sites for hydroxylation is 2. The van der Waals surface area contributed by atoms with Crippen LogP contribution in [0.4, 0.5) is 0 Å². The Labute approximate surface area is 115 Å². The lowest BCUT2D eigenvalue weighted by molar-refractivity contribution is 0.583. The first-order valence-corrected chi connectivity index (χ1v) is 6.95. The van der Waals surface area contributed by atoms with Crippen LogP contribution in [0.5, 0.6) is 0 Å². The lowest BCUT2D eigenvalue weighted by Crippen LogP contribution is -2.39. The van der Waals surface area contributed by atoms with Gasteiger partial charge in [0.2, 0.25) is 0 Å². The summed E-state index contributed by atoms with van der Waals surface area (Å²) in [5, 5.41) is 3.38. The molecule has 0 bridgehead atoms. The molecule has 3 heterocycles. The molecule has 0 aliphatic carbocycles. The number of hydrogen-bond acceptors (Lipinski definition) is 4. The van der Waals surface area contributed by atoms with Gasteiger partial charge in [-0.2, -0.15) is 0 Å². The molecule has 1 fully saturated rings. The summed E-state index contributed by atoms with van der Waals surface area (Å²) in [7, 11) is 3.51. The molecule has 2 aromatic rings. The predicted octanol–water partition coefficient (Wildman–Crippen LogP) is -0.122. The van der Waals surface area contributed by atoms with Gasteiger partial charge in [0.15, 0.2) is 11.2 Å². The molecule has 3 rings (SSSR count). The van der Waals surface area contributed by atoms with Gasteiger partial charge in [0.05, 0.1) is 6.04 Å². The van der Waals surface area contributed by atoms with Crippen molar-refractivity contribution in [1.29, 1.82) is 0 Å². The van der Waals surface area contributed by atoms with Gasteiger partial charge >= 0.3 is 5.69 Å². The van der Waals surface area contributed by atoms with Gasteiger partial charge < -0.3 is 9.88 Å². The summed E-state index contributed by atoms with van der Waals surface area (Å²) in [5.74, 6) is 0.832. The molecule has 7 heteroatoms. The monoisotopic (exact) mass is 277 g/mol. The van der Waals surface area contributed by atoms with E-state index in [1.165, 1.54) is 9.13 Å². The van der Waals surface area contributed by atoms with Gasteiger partial charge in [0.25, 0.3) is 5.56 Å². The maximum Gasteiger partial charge on any atom is 0.332 e. The van der Waals surface area contributed by atoms with E-state index in [2.05, 4.69) is 10.3 Å². The fourth-order valence-electron chi connectivity index (χ4n) is 2.96. The molecule has 1 atom stereocenters. The van der Waals surface area contributed by atoms with Crippen LogP contribution in [0.15, 0.2) is 9.59 Å². The van der Waals surface area contributed by atoms with Crippen LogP contribution in [0.2, 0.25) is 0 Å². The third-order valence-electron chi connectivity index (χ3n) is 4.08. The SMILES string of the molecule is CCn1c(=O)c2c(nc(C3CCCN3)n2C)n(C)c1=O. The van der Waals surface area contributed by atoms with Gasteiger partial charge in [0, 0.05) is 20.6 Å². The van der Waals surface area contributed by atoms with Gasteiger partial charge in [-0.15, -0.1) is 0 Å². The molecule has 0 saturated carbocycles. The molecule has 0 amide bonds. The summed E-state index contributed by atoms with van der Waals surface area (Å²) < 4.78 is 4.53. The van der Waals surface area contributed by atoms with E-state index < -0.39 is 0 Å². The van der Waals surface area contributed by atoms with Crippen LogP contribution in [0, 0.1) is 0 Å². The molecular weight excluding hydrogens is 258 g/mol. The third-order valence-corrected chi connectivity index (χ3v) is 4.08. The predicted molar refractivity (Wildman–Crippen MR) is 75.9 cm³/mol. The first-order valence-electron chi connectivity index (χ1n) is 6.95. The number of imidazole rings is 1. The van der Waals surface area contributed by atoms with E-state index in [1.807, 2.05) is 11.6 Å². The Bertz CT molecular complexity index is 777. The number of fused-ring (bicyclic) bond motifs is 1. The van der Waals surface area contributed by atoms with E-state index in [0.29, 0.717) is 17.7 Å². The van der Waals surface area contributed by atoms with Gasteiger partial charge in [-0.1, -0.05) is 0 Å². The second kappa shape index (κ2) is 4.59. The van der Waals surface area contributed by atoms with E-state index in [4.69, 9.17) is 0 Å². The largest absolute Gasteiger partial charge is 0.332 e. The van der Waals surface area contributed by atoms with Crippen LogP contribution in [0.1, 0.15) is 31.6 Å². The lowest BCUT2D eigenvalue weighted by atomic mass is 10.2. The first kappa shape index (κ1) is 13.1. The average molecular weight is 277 g/mol. The maximum absolute atomic E-state index is 12.4. The first-order chi connectivity index (χ1) is 9.56. The highest BCUT2D eigenvalue weighted by Crippen LogP contribution is 2.23. The quantitative estimate of drug-likeness (QED) is 0.830. The number of rotatable bonds is 2. The van der Waals surface area contributed by atoms with E-state index in [-0.39, 0.29) is 17.3 Å². The Morgan fingerprint density at radius 1 is 1.30 bits per heavy atom. The topological polar surface area (TPSA) is 73.8 Å². The zero-order chi connectivity index (χ0) is 14.4. The van der Waals surface area contributed by atoms with Crippen molar-refractivity contribution in [1.82, 2.24) is 24.0 Å². The highest BCUT2D eigenvalue weighted by atomic mass is 16.2. The molecule has 1 aliphatic rings. The Hall–Kier alpha value is -1.89. The summed E-state index contributed by atoms with van der Waals surface area (Å²) in [6.45, 7) is 3.13. The van der Waals surface area contributed by atoms with Crippen molar-refractivity contribution in [3.8, 4) is 0 Å². The van der Waals surface area contributed by atoms with E-state index >= 15 is 0 Å². The van der Waals surface area contributed by atoms with Crippen LogP contribution in [-0.4, -0.2) is 25.2 Å². The Morgan fingerprint density at radius 2 is 2.05 bits per heavy atom. The zero-order valence-corrected chi connectivity index (χ0v) is 12.0. The molecule has 7 nitrogen and oxygen atoms in total. The molecule has 0 spiro atoms. The lowest BCUT2D eigenvalue weighted by Gasteiger charge is -2.09. The van der Waals surface area contributed by atoms with E-state index in [0.717, 1.165) is 25.2 Å². The standard InChI is InChI=1S/C13H19N5O2/c1-4-18-12(19)9-11(17(3)13(18)20)15-10(16(9)2)8-6-5-7-14-8/h8,14H,4-7H2,1-3H3. The van der Waals surface area contributed by atoms with Crippen molar-refractivity contribution in [2.45, 2.75) is 32.4 Å². The van der Waals surface area contributed by atoms with Crippen molar-refractivity contribution in [3.63, 3.8) is 0 Å². The minimum Gasteiger partial charge on any atom is -0.324 e. The fourth-order valence-corrected chi connectivity index (χ4v) is 2.96. The fraction of sp³-hybridized carbons (Fsp3) is 0.615. The molecular formula is C13H19N5O2. The van der Waals surface area contributed by atoms with Crippen LogP contribution in [0.25, 0.3) is 11.2 Å². The van der Waals surface area contributed by atoms with Crippen molar-refractivity contribution in [3.05, 3.63) is 26.7 Å². The number of nitrogens with zero attached hydrogens (tertiary/aromatic N) is 4. The summed E-state index contributed by atoms with van der Waals surface area (Å²) in [6, 6.07) is 0.164.